The van der Waals surface area contributed by atoms with E-state index < -0.39 is 10.0 Å². The number of thiazole rings is 1. The lowest BCUT2D eigenvalue weighted by molar-refractivity contribution is 0.282. The summed E-state index contributed by atoms with van der Waals surface area (Å²) in [7, 11) is -3.92. The maximum atomic E-state index is 12.5. The van der Waals surface area contributed by atoms with Gasteiger partial charge in [0.1, 0.15) is 0 Å². The van der Waals surface area contributed by atoms with Crippen LogP contribution in [0.3, 0.4) is 0 Å². The number of nitrogens with one attached hydrogen (secondary N) is 1. The smallest absolute Gasteiger partial charge is 0.281 e. The van der Waals surface area contributed by atoms with Crippen LogP contribution in [0.15, 0.2) is 40.9 Å². The zero-order valence-corrected chi connectivity index (χ0v) is 12.9. The Morgan fingerprint density at radius 3 is 2.90 bits per heavy atom. The zero-order valence-electron chi connectivity index (χ0n) is 10.5. The van der Waals surface area contributed by atoms with Crippen LogP contribution < -0.4 is 4.72 Å². The third kappa shape index (κ3) is 2.51. The number of sulfonamides is 1. The number of anilines is 1. The van der Waals surface area contributed by atoms with Gasteiger partial charge in [0.15, 0.2) is 15.1 Å². The van der Waals surface area contributed by atoms with Gasteiger partial charge in [-0.25, -0.2) is 4.98 Å². The molecule has 0 bridgehead atoms. The molecule has 0 spiro atoms. The maximum absolute atomic E-state index is 12.5. The standard InChI is InChI=1S/C12H10ClN3O3S2/c13-10-11(16-5-6-20-12(16)14-10)21(18,19)15-9-4-2-1-3-8(9)7-17/h1-6,15,17H,7H2. The van der Waals surface area contributed by atoms with Gasteiger partial charge in [0.25, 0.3) is 10.0 Å². The molecule has 0 amide bonds. The molecular weight excluding hydrogens is 334 g/mol. The molecule has 3 rings (SSSR count). The van der Waals surface area contributed by atoms with Crippen molar-refractivity contribution in [2.45, 2.75) is 11.6 Å². The van der Waals surface area contributed by atoms with Crippen molar-refractivity contribution in [1.82, 2.24) is 9.38 Å². The molecule has 21 heavy (non-hydrogen) atoms. The number of rotatable bonds is 4. The molecular formula is C12H10ClN3O3S2. The minimum absolute atomic E-state index is 0.0872. The molecule has 9 heteroatoms. The number of halogens is 1. The minimum Gasteiger partial charge on any atom is -0.392 e. The Morgan fingerprint density at radius 2 is 2.14 bits per heavy atom. The van der Waals surface area contributed by atoms with Gasteiger partial charge in [0.2, 0.25) is 0 Å². The summed E-state index contributed by atoms with van der Waals surface area (Å²) in [6.45, 7) is -0.271. The Labute approximate surface area is 129 Å². The highest BCUT2D eigenvalue weighted by atomic mass is 35.5. The van der Waals surface area contributed by atoms with Crippen molar-refractivity contribution in [3.63, 3.8) is 0 Å². The number of aliphatic hydroxyl groups is 1. The molecule has 0 fully saturated rings. The zero-order chi connectivity index (χ0) is 15.0. The molecule has 0 saturated heterocycles. The Bertz CT molecular complexity index is 902. The highest BCUT2D eigenvalue weighted by Gasteiger charge is 2.25. The molecule has 0 saturated carbocycles. The third-order valence-electron chi connectivity index (χ3n) is 2.87. The number of benzene rings is 1. The summed E-state index contributed by atoms with van der Waals surface area (Å²) in [6.07, 6.45) is 1.59. The van der Waals surface area contributed by atoms with Gasteiger partial charge < -0.3 is 5.11 Å². The van der Waals surface area contributed by atoms with E-state index in [0.29, 0.717) is 16.2 Å². The monoisotopic (exact) mass is 343 g/mol. The molecule has 6 nitrogen and oxygen atoms in total. The van der Waals surface area contributed by atoms with E-state index in [1.807, 2.05) is 0 Å². The first kappa shape index (κ1) is 14.3. The van der Waals surface area contributed by atoms with Crippen molar-refractivity contribution >= 4 is 43.6 Å². The predicted octanol–water partition coefficient (Wildman–Crippen LogP) is 2.34. The van der Waals surface area contributed by atoms with Crippen molar-refractivity contribution in [1.29, 1.82) is 0 Å². The summed E-state index contributed by atoms with van der Waals surface area (Å²) >= 11 is 7.23. The second-order valence-corrected chi connectivity index (χ2v) is 7.01. The lowest BCUT2D eigenvalue weighted by atomic mass is 10.2. The van der Waals surface area contributed by atoms with Crippen molar-refractivity contribution in [2.24, 2.45) is 0 Å². The Morgan fingerprint density at radius 1 is 1.38 bits per heavy atom. The van der Waals surface area contributed by atoms with Gasteiger partial charge in [-0.1, -0.05) is 29.8 Å². The van der Waals surface area contributed by atoms with Gasteiger partial charge in [-0.05, 0) is 6.07 Å². The van der Waals surface area contributed by atoms with Crippen molar-refractivity contribution < 1.29 is 13.5 Å². The normalized spacial score (nSPS) is 11.9. The molecule has 3 aromatic rings. The molecule has 2 aromatic heterocycles. The van der Waals surface area contributed by atoms with E-state index in [4.69, 9.17) is 11.6 Å². The van der Waals surface area contributed by atoms with E-state index in [1.54, 1.807) is 35.8 Å². The van der Waals surface area contributed by atoms with E-state index in [-0.39, 0.29) is 16.8 Å². The number of para-hydroxylation sites is 1. The second-order valence-electron chi connectivity index (χ2n) is 4.18. The van der Waals surface area contributed by atoms with Crippen LogP contribution >= 0.6 is 22.9 Å². The molecule has 0 radical (unpaired) electrons. The summed E-state index contributed by atoms with van der Waals surface area (Å²) < 4.78 is 28.9. The number of aromatic nitrogens is 2. The van der Waals surface area contributed by atoms with E-state index in [1.165, 1.54) is 15.7 Å². The number of imidazole rings is 1. The van der Waals surface area contributed by atoms with E-state index >= 15 is 0 Å². The van der Waals surface area contributed by atoms with Crippen molar-refractivity contribution in [2.75, 3.05) is 4.72 Å². The summed E-state index contributed by atoms with van der Waals surface area (Å²) in [5, 5.41) is 10.8. The summed E-state index contributed by atoms with van der Waals surface area (Å²) in [5.41, 5.74) is 0.782. The van der Waals surface area contributed by atoms with Crippen molar-refractivity contribution in [3.05, 3.63) is 46.6 Å². The number of hydrogen-bond acceptors (Lipinski definition) is 5. The fourth-order valence-corrected chi connectivity index (χ4v) is 4.49. The van der Waals surface area contributed by atoms with Crippen LogP contribution in [0, 0.1) is 0 Å². The minimum atomic E-state index is -3.92. The quantitative estimate of drug-likeness (QED) is 0.761. The number of fused-ring (bicyclic) bond motifs is 1. The van der Waals surface area contributed by atoms with Crippen LogP contribution in [0.25, 0.3) is 4.96 Å². The molecule has 2 N–H and O–H groups in total. The number of hydrogen-bond donors (Lipinski definition) is 2. The average molecular weight is 344 g/mol. The Hall–Kier alpha value is -1.61. The number of nitrogens with zero attached hydrogens (tertiary/aromatic N) is 2. The van der Waals surface area contributed by atoms with Crippen LogP contribution in [-0.2, 0) is 16.6 Å². The highest BCUT2D eigenvalue weighted by molar-refractivity contribution is 7.92. The fourth-order valence-electron chi connectivity index (χ4n) is 1.93. The number of aliphatic hydroxyl groups excluding tert-OH is 1. The van der Waals surface area contributed by atoms with Gasteiger partial charge in [-0.15, -0.1) is 11.3 Å². The molecule has 1 aromatic carbocycles. The average Bonchev–Trinajstić information content (AvgIpc) is 2.98. The van der Waals surface area contributed by atoms with E-state index in [9.17, 15) is 13.5 Å². The van der Waals surface area contributed by atoms with Gasteiger partial charge >= 0.3 is 0 Å². The van der Waals surface area contributed by atoms with Crippen LogP contribution in [0.2, 0.25) is 5.15 Å². The lowest BCUT2D eigenvalue weighted by Crippen LogP contribution is -2.16. The van der Waals surface area contributed by atoms with Crippen LogP contribution in [0.5, 0.6) is 0 Å². The Kier molecular flexibility index (Phi) is 3.62. The SMILES string of the molecule is O=S(=O)(Nc1ccccc1CO)c1c(Cl)nc2sccn12. The third-order valence-corrected chi connectivity index (χ3v) is 5.39. The highest BCUT2D eigenvalue weighted by Crippen LogP contribution is 2.28. The first-order valence-corrected chi connectivity index (χ1v) is 8.59. The molecule has 0 aliphatic heterocycles. The molecule has 110 valence electrons. The second kappa shape index (κ2) is 5.30. The lowest BCUT2D eigenvalue weighted by Gasteiger charge is -2.10. The largest absolute Gasteiger partial charge is 0.392 e. The van der Waals surface area contributed by atoms with Gasteiger partial charge in [0, 0.05) is 17.1 Å². The fraction of sp³-hybridized carbons (Fsp3) is 0.0833. The molecule has 0 aliphatic rings. The van der Waals surface area contributed by atoms with Crippen LogP contribution in [0.1, 0.15) is 5.56 Å². The molecule has 2 heterocycles. The van der Waals surface area contributed by atoms with Gasteiger partial charge in [0.05, 0.1) is 12.3 Å². The molecule has 0 atom stereocenters. The van der Waals surface area contributed by atoms with Gasteiger partial charge in [-0.2, -0.15) is 8.42 Å². The molecule has 0 unspecified atom stereocenters. The summed E-state index contributed by atoms with van der Waals surface area (Å²) in [4.78, 5) is 4.50. The summed E-state index contributed by atoms with van der Waals surface area (Å²) in [5.74, 6) is 0. The Balaban J connectivity index is 2.09. The van der Waals surface area contributed by atoms with Crippen LogP contribution in [0.4, 0.5) is 5.69 Å². The summed E-state index contributed by atoms with van der Waals surface area (Å²) in [6, 6.07) is 6.60. The van der Waals surface area contributed by atoms with E-state index in [2.05, 4.69) is 9.71 Å². The first-order chi connectivity index (χ1) is 10.0. The maximum Gasteiger partial charge on any atom is 0.281 e. The van der Waals surface area contributed by atoms with E-state index in [0.717, 1.165) is 0 Å². The predicted molar refractivity (Wildman–Crippen MR) is 81.3 cm³/mol. The van der Waals surface area contributed by atoms with Crippen molar-refractivity contribution in [3.8, 4) is 0 Å². The topological polar surface area (TPSA) is 83.7 Å². The van der Waals surface area contributed by atoms with Crippen LogP contribution in [-0.4, -0.2) is 22.9 Å². The first-order valence-electron chi connectivity index (χ1n) is 5.85. The van der Waals surface area contributed by atoms with Gasteiger partial charge in [-0.3, -0.25) is 9.12 Å². The molecule has 0 aliphatic carbocycles.